The molecule has 0 unspecified atom stereocenters. The van der Waals surface area contributed by atoms with Gasteiger partial charge in [-0.05, 0) is 48.7 Å². The summed E-state index contributed by atoms with van der Waals surface area (Å²) in [5, 5.41) is 3.51. The maximum atomic E-state index is 13.0. The number of hydrogen-bond donors (Lipinski definition) is 1. The summed E-state index contributed by atoms with van der Waals surface area (Å²) in [4.78, 5) is 13.0. The molecule has 4 rings (SSSR count). The number of anilines is 1. The highest BCUT2D eigenvalue weighted by atomic mass is 35.5. The highest BCUT2D eigenvalue weighted by Gasteiger charge is 2.51. The molecule has 130 valence electrons. The molecular weight excluding hydrogens is 342 g/mol. The molecule has 25 heavy (non-hydrogen) atoms. The molecule has 0 radical (unpaired) electrons. The predicted octanol–water partition coefficient (Wildman–Crippen LogP) is 3.79. The lowest BCUT2D eigenvalue weighted by Gasteiger charge is -2.22. The third kappa shape index (κ3) is 2.89. The lowest BCUT2D eigenvalue weighted by molar-refractivity contribution is -0.118. The molecule has 0 spiro atoms. The molecule has 1 N–H and O–H groups in total. The van der Waals surface area contributed by atoms with Gasteiger partial charge in [0.25, 0.3) is 0 Å². The van der Waals surface area contributed by atoms with Gasteiger partial charge in [0.2, 0.25) is 5.91 Å². The number of benzene rings is 2. The Hall–Kier alpha value is -2.40. The molecule has 2 aromatic carbocycles. The second kappa shape index (κ2) is 6.15. The van der Waals surface area contributed by atoms with Gasteiger partial charge in [-0.3, -0.25) is 4.79 Å². The fourth-order valence-electron chi connectivity index (χ4n) is 3.13. The number of fused-ring (bicyclic) bond motifs is 1. The summed E-state index contributed by atoms with van der Waals surface area (Å²) in [7, 11) is 1.56. The summed E-state index contributed by atoms with van der Waals surface area (Å²) >= 11 is 6.05. The van der Waals surface area contributed by atoms with Gasteiger partial charge in [-0.15, -0.1) is 0 Å². The van der Waals surface area contributed by atoms with E-state index in [0.29, 0.717) is 35.4 Å². The fourth-order valence-corrected chi connectivity index (χ4v) is 3.30. The summed E-state index contributed by atoms with van der Waals surface area (Å²) in [6.07, 6.45) is 1.59. The third-order valence-corrected chi connectivity index (χ3v) is 4.92. The second-order valence-corrected chi connectivity index (χ2v) is 6.68. The van der Waals surface area contributed by atoms with Crippen molar-refractivity contribution in [3.05, 3.63) is 47.0 Å². The number of ether oxygens (including phenoxy) is 3. The van der Waals surface area contributed by atoms with Crippen molar-refractivity contribution in [3.8, 4) is 17.2 Å². The van der Waals surface area contributed by atoms with Crippen LogP contribution in [0.15, 0.2) is 36.4 Å². The Balaban J connectivity index is 1.61. The topological polar surface area (TPSA) is 56.8 Å². The maximum absolute atomic E-state index is 13.0. The highest BCUT2D eigenvalue weighted by Crippen LogP contribution is 2.51. The monoisotopic (exact) mass is 359 g/mol. The van der Waals surface area contributed by atoms with E-state index < -0.39 is 5.41 Å². The first-order chi connectivity index (χ1) is 12.1. The van der Waals surface area contributed by atoms with Crippen LogP contribution in [0.25, 0.3) is 0 Å². The zero-order valence-corrected chi connectivity index (χ0v) is 14.6. The van der Waals surface area contributed by atoms with E-state index in [9.17, 15) is 4.79 Å². The predicted molar refractivity (Wildman–Crippen MR) is 95.0 cm³/mol. The molecule has 2 aliphatic rings. The van der Waals surface area contributed by atoms with Gasteiger partial charge in [0.15, 0.2) is 11.5 Å². The molecule has 0 atom stereocenters. The Labute approximate surface area is 150 Å². The average molecular weight is 360 g/mol. The number of carbonyl (C=O) groups is 1. The summed E-state index contributed by atoms with van der Waals surface area (Å²) in [6.45, 7) is 1.07. The van der Waals surface area contributed by atoms with Crippen LogP contribution in [0, 0.1) is 0 Å². The molecule has 0 saturated heterocycles. The van der Waals surface area contributed by atoms with Crippen LogP contribution >= 0.6 is 11.6 Å². The fraction of sp³-hybridized carbons (Fsp3) is 0.316. The van der Waals surface area contributed by atoms with E-state index in [4.69, 9.17) is 25.8 Å². The van der Waals surface area contributed by atoms with E-state index in [2.05, 4.69) is 5.32 Å². The third-order valence-electron chi connectivity index (χ3n) is 4.69. The van der Waals surface area contributed by atoms with Crippen molar-refractivity contribution in [1.82, 2.24) is 0 Å². The van der Waals surface area contributed by atoms with Gasteiger partial charge >= 0.3 is 0 Å². The van der Waals surface area contributed by atoms with Crippen molar-refractivity contribution in [2.75, 3.05) is 25.6 Å². The number of methoxy groups -OCH3 is 1. The molecule has 1 aliphatic heterocycles. The normalized spacial score (nSPS) is 16.9. The van der Waals surface area contributed by atoms with Gasteiger partial charge in [0.05, 0.1) is 18.2 Å². The number of carbonyl (C=O) groups excluding carboxylic acids is 1. The van der Waals surface area contributed by atoms with Gasteiger partial charge in [0.1, 0.15) is 19.0 Å². The van der Waals surface area contributed by atoms with Gasteiger partial charge in [-0.25, -0.2) is 0 Å². The molecular formula is C19H18ClNO4. The molecule has 1 saturated carbocycles. The van der Waals surface area contributed by atoms with Gasteiger partial charge < -0.3 is 19.5 Å². The van der Waals surface area contributed by atoms with Crippen LogP contribution in [0.2, 0.25) is 5.02 Å². The van der Waals surface area contributed by atoms with Crippen LogP contribution in [-0.4, -0.2) is 26.2 Å². The molecule has 2 aromatic rings. The summed E-state index contributed by atoms with van der Waals surface area (Å²) in [5.74, 6) is 1.94. The Bertz CT molecular complexity index is 832. The van der Waals surface area contributed by atoms with Crippen LogP contribution in [0.3, 0.4) is 0 Å². The summed E-state index contributed by atoms with van der Waals surface area (Å²) in [5.41, 5.74) is 0.974. The zero-order valence-electron chi connectivity index (χ0n) is 13.8. The molecule has 5 nitrogen and oxygen atoms in total. The number of hydrogen-bond acceptors (Lipinski definition) is 4. The van der Waals surface area contributed by atoms with Crippen LogP contribution < -0.4 is 19.5 Å². The first-order valence-electron chi connectivity index (χ1n) is 8.17. The lowest BCUT2D eigenvalue weighted by Crippen LogP contribution is -2.28. The van der Waals surface area contributed by atoms with Gasteiger partial charge in [-0.1, -0.05) is 17.7 Å². The number of nitrogens with one attached hydrogen (secondary N) is 1. The van der Waals surface area contributed by atoms with Crippen molar-refractivity contribution >= 4 is 23.2 Å². The smallest absolute Gasteiger partial charge is 0.235 e. The SMILES string of the molecule is COc1ccc(Cl)cc1NC(=O)C1(c2ccc3c(c2)OCCO3)CC1. The van der Waals surface area contributed by atoms with Crippen LogP contribution in [-0.2, 0) is 10.2 Å². The van der Waals surface area contributed by atoms with E-state index >= 15 is 0 Å². The Morgan fingerprint density at radius 3 is 2.60 bits per heavy atom. The van der Waals surface area contributed by atoms with Crippen molar-refractivity contribution in [2.45, 2.75) is 18.3 Å². The maximum Gasteiger partial charge on any atom is 0.235 e. The van der Waals surface area contributed by atoms with E-state index in [0.717, 1.165) is 24.2 Å². The van der Waals surface area contributed by atoms with Gasteiger partial charge in [-0.2, -0.15) is 0 Å². The summed E-state index contributed by atoms with van der Waals surface area (Å²) in [6, 6.07) is 10.9. The quantitative estimate of drug-likeness (QED) is 0.902. The van der Waals surface area contributed by atoms with E-state index in [1.54, 1.807) is 25.3 Å². The van der Waals surface area contributed by atoms with Crippen molar-refractivity contribution in [3.63, 3.8) is 0 Å². The minimum atomic E-state index is -0.539. The summed E-state index contributed by atoms with van der Waals surface area (Å²) < 4.78 is 16.5. The zero-order chi connectivity index (χ0) is 17.4. The van der Waals surface area contributed by atoms with Crippen LogP contribution in [0.5, 0.6) is 17.2 Å². The minimum absolute atomic E-state index is 0.0651. The molecule has 1 fully saturated rings. The lowest BCUT2D eigenvalue weighted by atomic mass is 9.94. The molecule has 6 heteroatoms. The molecule has 1 aliphatic carbocycles. The van der Waals surface area contributed by atoms with Crippen molar-refractivity contribution in [1.29, 1.82) is 0 Å². The first-order valence-corrected chi connectivity index (χ1v) is 8.55. The average Bonchev–Trinajstić information content (AvgIpc) is 3.43. The molecule has 1 amide bonds. The Morgan fingerprint density at radius 2 is 1.88 bits per heavy atom. The first kappa shape index (κ1) is 16.1. The molecule has 0 aromatic heterocycles. The largest absolute Gasteiger partial charge is 0.495 e. The molecule has 0 bridgehead atoms. The number of rotatable bonds is 4. The van der Waals surface area contributed by atoms with E-state index in [1.165, 1.54) is 0 Å². The number of amides is 1. The van der Waals surface area contributed by atoms with E-state index in [1.807, 2.05) is 18.2 Å². The van der Waals surface area contributed by atoms with E-state index in [-0.39, 0.29) is 5.91 Å². The van der Waals surface area contributed by atoms with Crippen LogP contribution in [0.1, 0.15) is 18.4 Å². The second-order valence-electron chi connectivity index (χ2n) is 6.24. The van der Waals surface area contributed by atoms with Gasteiger partial charge in [0, 0.05) is 5.02 Å². The Kier molecular flexibility index (Phi) is 3.96. The van der Waals surface area contributed by atoms with Crippen molar-refractivity contribution < 1.29 is 19.0 Å². The van der Waals surface area contributed by atoms with Crippen molar-refractivity contribution in [2.24, 2.45) is 0 Å². The Morgan fingerprint density at radius 1 is 1.12 bits per heavy atom. The molecule has 1 heterocycles. The van der Waals surface area contributed by atoms with Crippen LogP contribution in [0.4, 0.5) is 5.69 Å². The highest BCUT2D eigenvalue weighted by molar-refractivity contribution is 6.31. The standard InChI is InChI=1S/C19H18ClNO4/c1-23-15-5-3-13(20)11-14(15)21-18(22)19(6-7-19)12-2-4-16-17(10-12)25-9-8-24-16/h2-5,10-11H,6-9H2,1H3,(H,21,22). The minimum Gasteiger partial charge on any atom is -0.495 e. The number of halogens is 1.